The van der Waals surface area contributed by atoms with Crippen LogP contribution in [0.1, 0.15) is 213 Å². The molecule has 0 heterocycles. The number of hydrogen-bond donors (Lipinski definition) is 0. The molecule has 2 atom stereocenters. The van der Waals surface area contributed by atoms with Crippen molar-refractivity contribution in [1.29, 1.82) is 0 Å². The predicted molar refractivity (Wildman–Crippen MR) is 218 cm³/mol. The standard InChI is InChI=1S/C43H86NO8P/c1-6-8-10-12-14-16-18-20-22-24-25-27-29-31-33-35-42(45)49-39-41(40-51-53(47,48)50-38-37-44(3,4)5)52-43(46)36-34-32-30-28-26-23-21-19-17-15-13-11-9-7-2/h41H,6-40H2,1-5H3/t41-/m1/s1. The van der Waals surface area contributed by atoms with Crippen LogP contribution in [0.25, 0.3) is 0 Å². The lowest BCUT2D eigenvalue weighted by Gasteiger charge is -2.28. The fraction of sp³-hybridized carbons (Fsp3) is 0.953. The van der Waals surface area contributed by atoms with E-state index in [0.29, 0.717) is 17.4 Å². The highest BCUT2D eigenvalue weighted by Crippen LogP contribution is 2.38. The van der Waals surface area contributed by atoms with Crippen LogP contribution in [0.2, 0.25) is 0 Å². The Morgan fingerprint density at radius 1 is 0.509 bits per heavy atom. The van der Waals surface area contributed by atoms with E-state index in [9.17, 15) is 19.0 Å². The largest absolute Gasteiger partial charge is 0.756 e. The van der Waals surface area contributed by atoms with E-state index in [4.69, 9.17) is 18.5 Å². The van der Waals surface area contributed by atoms with Crippen LogP contribution < -0.4 is 4.89 Å². The maximum absolute atomic E-state index is 12.7. The molecule has 53 heavy (non-hydrogen) atoms. The molecule has 9 nitrogen and oxygen atoms in total. The van der Waals surface area contributed by atoms with Gasteiger partial charge in [0.05, 0.1) is 27.7 Å². The Labute approximate surface area is 327 Å². The maximum Gasteiger partial charge on any atom is 0.306 e. The molecule has 0 radical (unpaired) electrons. The second-order valence-electron chi connectivity index (χ2n) is 16.4. The van der Waals surface area contributed by atoms with E-state index in [1.54, 1.807) is 0 Å². The van der Waals surface area contributed by atoms with Crippen LogP contribution in [-0.4, -0.2) is 70.0 Å². The number of phosphoric ester groups is 1. The Bertz CT molecular complexity index is 881. The first-order chi connectivity index (χ1) is 25.5. The van der Waals surface area contributed by atoms with Gasteiger partial charge in [-0.15, -0.1) is 0 Å². The van der Waals surface area contributed by atoms with Gasteiger partial charge in [0, 0.05) is 12.8 Å². The van der Waals surface area contributed by atoms with Gasteiger partial charge in [-0.2, -0.15) is 0 Å². The summed E-state index contributed by atoms with van der Waals surface area (Å²) in [7, 11) is 1.18. The van der Waals surface area contributed by atoms with Gasteiger partial charge in [0.2, 0.25) is 0 Å². The zero-order chi connectivity index (χ0) is 39.3. The van der Waals surface area contributed by atoms with Crippen molar-refractivity contribution in [2.75, 3.05) is 47.5 Å². The number of hydrogen-bond acceptors (Lipinski definition) is 8. The summed E-state index contributed by atoms with van der Waals surface area (Å²) < 4.78 is 33.9. The molecule has 0 aliphatic heterocycles. The van der Waals surface area contributed by atoms with Crippen LogP contribution >= 0.6 is 7.82 Å². The number of carbonyl (C=O) groups is 2. The highest BCUT2D eigenvalue weighted by Gasteiger charge is 2.21. The van der Waals surface area contributed by atoms with E-state index in [0.717, 1.165) is 32.1 Å². The molecule has 0 bridgehead atoms. The molecular formula is C43H86NO8P. The summed E-state index contributed by atoms with van der Waals surface area (Å²) in [6.07, 6.45) is 35.5. The van der Waals surface area contributed by atoms with E-state index in [1.165, 1.54) is 148 Å². The molecule has 0 aliphatic rings. The number of carbonyl (C=O) groups excluding carboxylic acids is 2. The summed E-state index contributed by atoms with van der Waals surface area (Å²) >= 11 is 0. The van der Waals surface area contributed by atoms with Crippen LogP contribution in [0.4, 0.5) is 0 Å². The van der Waals surface area contributed by atoms with Gasteiger partial charge in [-0.3, -0.25) is 14.2 Å². The van der Waals surface area contributed by atoms with Gasteiger partial charge in [-0.25, -0.2) is 0 Å². The summed E-state index contributed by atoms with van der Waals surface area (Å²) in [4.78, 5) is 37.5. The molecule has 0 fully saturated rings. The molecule has 0 aliphatic carbocycles. The zero-order valence-corrected chi connectivity index (χ0v) is 36.4. The second-order valence-corrected chi connectivity index (χ2v) is 17.8. The van der Waals surface area contributed by atoms with Crippen molar-refractivity contribution >= 4 is 19.8 Å². The topological polar surface area (TPSA) is 111 Å². The second kappa shape index (κ2) is 36.6. The van der Waals surface area contributed by atoms with E-state index in [1.807, 2.05) is 21.1 Å². The Hall–Kier alpha value is -0.990. The van der Waals surface area contributed by atoms with Gasteiger partial charge in [0.25, 0.3) is 7.82 Å². The van der Waals surface area contributed by atoms with Gasteiger partial charge in [-0.1, -0.05) is 187 Å². The molecule has 0 spiro atoms. The minimum absolute atomic E-state index is 0.0257. The van der Waals surface area contributed by atoms with E-state index >= 15 is 0 Å². The molecule has 0 saturated heterocycles. The highest BCUT2D eigenvalue weighted by molar-refractivity contribution is 7.45. The van der Waals surface area contributed by atoms with Crippen molar-refractivity contribution in [3.63, 3.8) is 0 Å². The third-order valence-electron chi connectivity index (χ3n) is 9.88. The van der Waals surface area contributed by atoms with Crippen LogP contribution in [0.5, 0.6) is 0 Å². The van der Waals surface area contributed by atoms with Crippen LogP contribution in [-0.2, 0) is 32.7 Å². The van der Waals surface area contributed by atoms with Crippen LogP contribution in [0, 0.1) is 0 Å². The number of phosphoric acid groups is 1. The molecule has 0 amide bonds. The van der Waals surface area contributed by atoms with Crippen molar-refractivity contribution in [2.45, 2.75) is 219 Å². The molecule has 0 rings (SSSR count). The summed E-state index contributed by atoms with van der Waals surface area (Å²) in [6.45, 7) is 4.26. The average Bonchev–Trinajstić information content (AvgIpc) is 3.10. The van der Waals surface area contributed by atoms with Gasteiger partial charge in [0.1, 0.15) is 19.8 Å². The van der Waals surface area contributed by atoms with E-state index in [2.05, 4.69) is 13.8 Å². The molecule has 0 aromatic heterocycles. The molecule has 10 heteroatoms. The van der Waals surface area contributed by atoms with E-state index in [-0.39, 0.29) is 32.0 Å². The number of esters is 2. The van der Waals surface area contributed by atoms with Crippen molar-refractivity contribution < 1.29 is 42.1 Å². The molecule has 316 valence electrons. The molecule has 0 N–H and O–H groups in total. The Morgan fingerprint density at radius 3 is 1.21 bits per heavy atom. The third-order valence-corrected chi connectivity index (χ3v) is 10.8. The Kier molecular flexibility index (Phi) is 36.0. The number of unbranched alkanes of at least 4 members (excludes halogenated alkanes) is 27. The number of nitrogens with zero attached hydrogens (tertiary/aromatic N) is 1. The lowest BCUT2D eigenvalue weighted by atomic mass is 10.0. The first-order valence-electron chi connectivity index (χ1n) is 22.2. The fourth-order valence-electron chi connectivity index (χ4n) is 6.36. The summed E-state index contributed by atoms with van der Waals surface area (Å²) in [6, 6.07) is 0. The van der Waals surface area contributed by atoms with Gasteiger partial charge >= 0.3 is 11.9 Å². The monoisotopic (exact) mass is 776 g/mol. The van der Waals surface area contributed by atoms with Gasteiger partial charge in [-0.05, 0) is 12.8 Å². The first-order valence-corrected chi connectivity index (χ1v) is 23.7. The molecule has 0 aromatic carbocycles. The van der Waals surface area contributed by atoms with Gasteiger partial charge < -0.3 is 27.9 Å². The maximum atomic E-state index is 12.7. The number of quaternary nitrogens is 1. The van der Waals surface area contributed by atoms with Crippen molar-refractivity contribution in [3.8, 4) is 0 Å². The fourth-order valence-corrected chi connectivity index (χ4v) is 7.09. The number of rotatable bonds is 41. The summed E-state index contributed by atoms with van der Waals surface area (Å²) in [5.74, 6) is -0.820. The van der Waals surface area contributed by atoms with Gasteiger partial charge in [0.15, 0.2) is 6.10 Å². The third kappa shape index (κ3) is 40.5. The van der Waals surface area contributed by atoms with Crippen LogP contribution in [0.3, 0.4) is 0 Å². The normalized spacial score (nSPS) is 13.5. The molecule has 1 unspecified atom stereocenters. The summed E-state index contributed by atoms with van der Waals surface area (Å²) in [5.41, 5.74) is 0. The molecular weight excluding hydrogens is 689 g/mol. The zero-order valence-electron chi connectivity index (χ0n) is 35.5. The summed E-state index contributed by atoms with van der Waals surface area (Å²) in [5, 5.41) is 0. The minimum atomic E-state index is -4.61. The lowest BCUT2D eigenvalue weighted by Crippen LogP contribution is -2.37. The van der Waals surface area contributed by atoms with Crippen molar-refractivity contribution in [1.82, 2.24) is 0 Å². The highest BCUT2D eigenvalue weighted by atomic mass is 31.2. The quantitative estimate of drug-likeness (QED) is 0.0261. The Morgan fingerprint density at radius 2 is 0.849 bits per heavy atom. The first kappa shape index (κ1) is 52.0. The lowest BCUT2D eigenvalue weighted by molar-refractivity contribution is -0.870. The molecule has 0 aromatic rings. The predicted octanol–water partition coefficient (Wildman–Crippen LogP) is 11.8. The smallest absolute Gasteiger partial charge is 0.306 e. The SMILES string of the molecule is CCCCCCCCCCCCCCCCCC(=O)OC[C@H](COP(=O)([O-])OCC[N+](C)(C)C)OC(=O)CCCCCCCCCCCCCCCC. The van der Waals surface area contributed by atoms with Crippen LogP contribution in [0.15, 0.2) is 0 Å². The number of likely N-dealkylation sites (N-methyl/N-ethyl adjacent to an activating group) is 1. The van der Waals surface area contributed by atoms with Crippen molar-refractivity contribution in [3.05, 3.63) is 0 Å². The number of ether oxygens (including phenoxy) is 2. The molecule has 0 saturated carbocycles. The Balaban J connectivity index is 4.31. The minimum Gasteiger partial charge on any atom is -0.756 e. The van der Waals surface area contributed by atoms with E-state index < -0.39 is 26.5 Å². The van der Waals surface area contributed by atoms with Crippen molar-refractivity contribution in [2.24, 2.45) is 0 Å². The average molecular weight is 776 g/mol.